The maximum Gasteiger partial charge on any atom is 0.0391 e. The minimum atomic E-state index is 0.643. The van der Waals surface area contributed by atoms with E-state index < -0.39 is 0 Å². The van der Waals surface area contributed by atoms with Gasteiger partial charge in [-0.05, 0) is 19.3 Å². The van der Waals surface area contributed by atoms with Crippen LogP contribution in [0.5, 0.6) is 0 Å². The highest BCUT2D eigenvalue weighted by Crippen LogP contribution is 2.01. The van der Waals surface area contributed by atoms with Gasteiger partial charge in [0.15, 0.2) is 0 Å². The highest BCUT2D eigenvalue weighted by molar-refractivity contribution is 5.81. The Morgan fingerprint density at radius 1 is 1.64 bits per heavy atom. The lowest BCUT2D eigenvalue weighted by molar-refractivity contribution is 0.514. The van der Waals surface area contributed by atoms with E-state index in [9.17, 15) is 0 Å². The fourth-order valence-corrected chi connectivity index (χ4v) is 0.917. The molecule has 0 bridgehead atoms. The van der Waals surface area contributed by atoms with E-state index in [4.69, 9.17) is 6.42 Å². The molecular formula is C9H16N2. The fraction of sp³-hybridized carbons (Fsp3) is 0.667. The number of hydrogen-bond donors (Lipinski definition) is 0. The molecule has 0 heterocycles. The van der Waals surface area contributed by atoms with E-state index in [1.54, 1.807) is 7.05 Å². The third kappa shape index (κ3) is 5.47. The molecule has 2 nitrogen and oxygen atoms in total. The van der Waals surface area contributed by atoms with Crippen LogP contribution in [0.2, 0.25) is 0 Å². The Morgan fingerprint density at radius 3 is 2.55 bits per heavy atom. The predicted octanol–water partition coefficient (Wildman–Crippen LogP) is 1.93. The summed E-state index contributed by atoms with van der Waals surface area (Å²) in [5.74, 6) is 0.643. The molecule has 0 aliphatic heterocycles. The first kappa shape index (κ1) is 10.0. The normalized spacial score (nSPS) is 11.5. The summed E-state index contributed by atoms with van der Waals surface area (Å²) in [6, 6.07) is 2.41. The van der Waals surface area contributed by atoms with E-state index in [1.807, 2.05) is 6.92 Å². The van der Waals surface area contributed by atoms with E-state index in [1.165, 1.54) is 5.01 Å². The lowest BCUT2D eigenvalue weighted by Crippen LogP contribution is -2.07. The van der Waals surface area contributed by atoms with Crippen LogP contribution in [0.1, 0.15) is 27.2 Å². The van der Waals surface area contributed by atoms with Gasteiger partial charge in [0, 0.05) is 18.8 Å². The van der Waals surface area contributed by atoms with E-state index in [0.29, 0.717) is 5.92 Å². The molecule has 0 N–H and O–H groups in total. The Labute approximate surface area is 69.3 Å². The number of hydrogen-bond acceptors (Lipinski definition) is 2. The van der Waals surface area contributed by atoms with Gasteiger partial charge in [0.25, 0.3) is 0 Å². The zero-order chi connectivity index (χ0) is 8.85. The highest BCUT2D eigenvalue weighted by Gasteiger charge is 1.97. The summed E-state index contributed by atoms with van der Waals surface area (Å²) in [5, 5.41) is 5.65. The first-order valence-corrected chi connectivity index (χ1v) is 3.80. The molecule has 0 aliphatic rings. The van der Waals surface area contributed by atoms with E-state index in [0.717, 1.165) is 12.1 Å². The summed E-state index contributed by atoms with van der Waals surface area (Å²) in [6.45, 7) is 6.32. The molecule has 11 heavy (non-hydrogen) atoms. The van der Waals surface area contributed by atoms with Crippen molar-refractivity contribution >= 4 is 5.71 Å². The second-order valence-corrected chi connectivity index (χ2v) is 3.09. The summed E-state index contributed by atoms with van der Waals surface area (Å²) in [7, 11) is 1.77. The third-order valence-electron chi connectivity index (χ3n) is 1.21. The minimum Gasteiger partial charge on any atom is -0.226 e. The van der Waals surface area contributed by atoms with Crippen molar-refractivity contribution in [3.05, 3.63) is 0 Å². The van der Waals surface area contributed by atoms with Crippen molar-refractivity contribution in [1.29, 1.82) is 0 Å². The van der Waals surface area contributed by atoms with E-state index in [-0.39, 0.29) is 0 Å². The van der Waals surface area contributed by atoms with Crippen LogP contribution in [0.4, 0.5) is 0 Å². The molecule has 62 valence electrons. The van der Waals surface area contributed by atoms with Crippen LogP contribution < -0.4 is 0 Å². The molecule has 0 saturated carbocycles. The summed E-state index contributed by atoms with van der Waals surface area (Å²) in [5.41, 5.74) is 1.08. The number of terminal acetylenes is 1. The smallest absolute Gasteiger partial charge is 0.0391 e. The topological polar surface area (TPSA) is 15.6 Å². The van der Waals surface area contributed by atoms with Gasteiger partial charge in [0.1, 0.15) is 0 Å². The van der Waals surface area contributed by atoms with Crippen molar-refractivity contribution in [2.45, 2.75) is 27.2 Å². The van der Waals surface area contributed by atoms with Gasteiger partial charge in [0.2, 0.25) is 0 Å². The summed E-state index contributed by atoms with van der Waals surface area (Å²) in [6.07, 6.45) is 6.13. The van der Waals surface area contributed by atoms with E-state index in [2.05, 4.69) is 25.0 Å². The average Bonchev–Trinajstić information content (AvgIpc) is 1.85. The molecule has 2 heteroatoms. The summed E-state index contributed by atoms with van der Waals surface area (Å²) >= 11 is 0. The van der Waals surface area contributed by atoms with Crippen LogP contribution in [-0.4, -0.2) is 17.8 Å². The lowest BCUT2D eigenvalue weighted by atomic mass is 10.1. The molecule has 0 radical (unpaired) electrons. The molecule has 0 saturated heterocycles. The molecule has 0 rings (SSSR count). The zero-order valence-corrected chi connectivity index (χ0v) is 7.76. The summed E-state index contributed by atoms with van der Waals surface area (Å²) in [4.78, 5) is 0. The van der Waals surface area contributed by atoms with Crippen LogP contribution in [0.3, 0.4) is 0 Å². The lowest BCUT2D eigenvalue weighted by Gasteiger charge is -2.07. The van der Waals surface area contributed by atoms with Crippen molar-refractivity contribution in [3.63, 3.8) is 0 Å². The van der Waals surface area contributed by atoms with Crippen LogP contribution in [-0.2, 0) is 0 Å². The Kier molecular flexibility index (Phi) is 4.36. The number of rotatable bonds is 3. The van der Waals surface area contributed by atoms with Crippen molar-refractivity contribution in [2.24, 2.45) is 11.0 Å². The minimum absolute atomic E-state index is 0.643. The maximum absolute atomic E-state index is 5.12. The van der Waals surface area contributed by atoms with Gasteiger partial charge < -0.3 is 0 Å². The first-order chi connectivity index (χ1) is 5.06. The molecule has 0 spiro atoms. The van der Waals surface area contributed by atoms with Crippen molar-refractivity contribution in [3.8, 4) is 12.5 Å². The van der Waals surface area contributed by atoms with Crippen molar-refractivity contribution in [1.82, 2.24) is 5.01 Å². The summed E-state index contributed by atoms with van der Waals surface area (Å²) < 4.78 is 0. The van der Waals surface area contributed by atoms with Gasteiger partial charge >= 0.3 is 0 Å². The molecule has 0 amide bonds. The SMILES string of the molecule is C#CN(C)/N=C(\C)CC(C)C. The maximum atomic E-state index is 5.12. The first-order valence-electron chi connectivity index (χ1n) is 3.80. The molecular weight excluding hydrogens is 136 g/mol. The number of hydrazone groups is 1. The van der Waals surface area contributed by atoms with Crippen LogP contribution >= 0.6 is 0 Å². The molecule has 0 aromatic rings. The Morgan fingerprint density at radius 2 is 2.18 bits per heavy atom. The van der Waals surface area contributed by atoms with Gasteiger partial charge in [-0.25, -0.2) is 5.01 Å². The van der Waals surface area contributed by atoms with Crippen LogP contribution in [0.15, 0.2) is 5.10 Å². The largest absolute Gasteiger partial charge is 0.226 e. The van der Waals surface area contributed by atoms with E-state index >= 15 is 0 Å². The van der Waals surface area contributed by atoms with Crippen molar-refractivity contribution < 1.29 is 0 Å². The fourth-order valence-electron chi connectivity index (χ4n) is 0.917. The second kappa shape index (κ2) is 4.79. The number of nitrogens with zero attached hydrogens (tertiary/aromatic N) is 2. The van der Waals surface area contributed by atoms with Gasteiger partial charge in [-0.2, -0.15) is 5.10 Å². The standard InChI is InChI=1S/C9H16N2/c1-6-11(5)10-9(4)7-8(2)3/h1,8H,7H2,2-5H3/b10-9+. The second-order valence-electron chi connectivity index (χ2n) is 3.09. The molecule has 0 aromatic heterocycles. The predicted molar refractivity (Wildman–Crippen MR) is 49.2 cm³/mol. The third-order valence-corrected chi connectivity index (χ3v) is 1.21. The average molecular weight is 152 g/mol. The molecule has 0 atom stereocenters. The quantitative estimate of drug-likeness (QED) is 0.261. The van der Waals surface area contributed by atoms with Crippen molar-refractivity contribution in [2.75, 3.05) is 7.05 Å². The van der Waals surface area contributed by atoms with Gasteiger partial charge in [-0.3, -0.25) is 0 Å². The Balaban J connectivity index is 3.92. The Bertz CT molecular complexity index is 174. The van der Waals surface area contributed by atoms with Gasteiger partial charge in [-0.1, -0.05) is 20.3 Å². The Hall–Kier alpha value is -0.970. The molecule has 0 fully saturated rings. The highest BCUT2D eigenvalue weighted by atomic mass is 15.4. The van der Waals surface area contributed by atoms with Gasteiger partial charge in [-0.15, -0.1) is 0 Å². The zero-order valence-electron chi connectivity index (χ0n) is 7.76. The molecule has 0 aromatic carbocycles. The monoisotopic (exact) mass is 152 g/mol. The van der Waals surface area contributed by atoms with Crippen LogP contribution in [0.25, 0.3) is 0 Å². The van der Waals surface area contributed by atoms with Gasteiger partial charge in [0.05, 0.1) is 0 Å². The molecule has 0 aliphatic carbocycles. The van der Waals surface area contributed by atoms with Crippen LogP contribution in [0, 0.1) is 18.4 Å². The molecule has 0 unspecified atom stereocenters.